The molecule has 5 rings (SSSR count). The summed E-state index contributed by atoms with van der Waals surface area (Å²) in [5, 5.41) is 2.32. The Morgan fingerprint density at radius 2 is 1.97 bits per heavy atom. The summed E-state index contributed by atoms with van der Waals surface area (Å²) in [6, 6.07) is 6.96. The van der Waals surface area contributed by atoms with Crippen LogP contribution in [0.15, 0.2) is 28.5 Å². The molecular formula is C20H21ClN4O3S3. The Labute approximate surface area is 193 Å². The van der Waals surface area contributed by atoms with Gasteiger partial charge in [0.25, 0.3) is 10.0 Å². The van der Waals surface area contributed by atoms with Crippen molar-refractivity contribution in [3.05, 3.63) is 44.9 Å². The zero-order valence-electron chi connectivity index (χ0n) is 16.9. The maximum atomic E-state index is 13.1. The van der Waals surface area contributed by atoms with E-state index >= 15 is 0 Å². The minimum Gasteiger partial charge on any atom is -0.333 e. The van der Waals surface area contributed by atoms with Crippen LogP contribution in [-0.2, 0) is 34.3 Å². The number of benzene rings is 1. The van der Waals surface area contributed by atoms with Gasteiger partial charge in [-0.05, 0) is 30.6 Å². The Hall–Kier alpha value is -1.56. The van der Waals surface area contributed by atoms with Gasteiger partial charge in [-0.1, -0.05) is 17.7 Å². The lowest BCUT2D eigenvalue weighted by Crippen LogP contribution is -2.51. The van der Waals surface area contributed by atoms with Crippen LogP contribution in [0.5, 0.6) is 0 Å². The summed E-state index contributed by atoms with van der Waals surface area (Å²) in [4.78, 5) is 22.7. The van der Waals surface area contributed by atoms with Gasteiger partial charge in [-0.15, -0.1) is 22.7 Å². The first-order valence-corrected chi connectivity index (χ1v) is 13.4. The van der Waals surface area contributed by atoms with Crippen LogP contribution in [0.1, 0.15) is 15.6 Å². The molecule has 2 aromatic heterocycles. The quantitative estimate of drug-likeness (QED) is 0.555. The number of thiophene rings is 1. The van der Waals surface area contributed by atoms with Crippen LogP contribution in [-0.4, -0.2) is 66.6 Å². The molecule has 3 aromatic rings. The van der Waals surface area contributed by atoms with Crippen molar-refractivity contribution in [1.82, 2.24) is 19.1 Å². The molecule has 4 heterocycles. The summed E-state index contributed by atoms with van der Waals surface area (Å²) in [5.41, 5.74) is 1.14. The number of hydrogen-bond donors (Lipinski definition) is 0. The Bertz CT molecular complexity index is 1270. The summed E-state index contributed by atoms with van der Waals surface area (Å²) in [6.07, 6.45) is 0.933. The number of carbonyl (C=O) groups excluding carboxylic acids is 1. The molecule has 2 aliphatic heterocycles. The van der Waals surface area contributed by atoms with Gasteiger partial charge in [-0.25, -0.2) is 13.4 Å². The fourth-order valence-electron chi connectivity index (χ4n) is 3.90. The highest BCUT2D eigenvalue weighted by atomic mass is 35.5. The highest BCUT2D eigenvalue weighted by Gasteiger charge is 2.34. The predicted octanol–water partition coefficient (Wildman–Crippen LogP) is 3.03. The molecule has 0 radical (unpaired) electrons. The fourth-order valence-corrected chi connectivity index (χ4v) is 8.32. The standard InChI is InChI=1S/C20H21ClN4O3S3/c1-23-5-4-15-17(10-23)29-18(22-15)11-24-6-7-25(12-19(24)26)31(27,28)20-8-13-2-3-14(21)9-16(13)30-20/h2-3,8-9H,4-7,10-12H2,1H3. The van der Waals surface area contributed by atoms with Gasteiger partial charge in [0.15, 0.2) is 0 Å². The number of likely N-dealkylation sites (N-methyl/N-ethyl adjacent to an activating group) is 1. The SMILES string of the molecule is CN1CCc2nc(CN3CCN(S(=O)(=O)c4cc5ccc(Cl)cc5s4)CC3=O)sc2C1. The van der Waals surface area contributed by atoms with Crippen LogP contribution < -0.4 is 0 Å². The second kappa shape index (κ2) is 8.09. The number of thiazole rings is 1. The fraction of sp³-hybridized carbons (Fsp3) is 0.400. The molecule has 7 nitrogen and oxygen atoms in total. The van der Waals surface area contributed by atoms with Gasteiger partial charge in [0.05, 0.1) is 18.8 Å². The smallest absolute Gasteiger partial charge is 0.253 e. The number of sulfonamides is 1. The van der Waals surface area contributed by atoms with Gasteiger partial charge in [-0.2, -0.15) is 4.31 Å². The van der Waals surface area contributed by atoms with Crippen molar-refractivity contribution in [2.45, 2.75) is 23.7 Å². The molecule has 0 atom stereocenters. The van der Waals surface area contributed by atoms with Crippen molar-refractivity contribution in [2.75, 3.05) is 33.2 Å². The zero-order valence-corrected chi connectivity index (χ0v) is 20.1. The van der Waals surface area contributed by atoms with Crippen molar-refractivity contribution in [2.24, 2.45) is 0 Å². The molecule has 1 saturated heterocycles. The monoisotopic (exact) mass is 496 g/mol. The van der Waals surface area contributed by atoms with Crippen molar-refractivity contribution >= 4 is 60.3 Å². The van der Waals surface area contributed by atoms with E-state index in [1.807, 2.05) is 6.07 Å². The lowest BCUT2D eigenvalue weighted by atomic mass is 10.2. The maximum Gasteiger partial charge on any atom is 0.253 e. The summed E-state index contributed by atoms with van der Waals surface area (Å²) in [7, 11) is -1.64. The molecule has 1 aromatic carbocycles. The van der Waals surface area contributed by atoms with Crippen molar-refractivity contribution in [3.63, 3.8) is 0 Å². The van der Waals surface area contributed by atoms with E-state index < -0.39 is 10.0 Å². The molecular weight excluding hydrogens is 476 g/mol. The first kappa shape index (κ1) is 21.3. The molecule has 0 aliphatic carbocycles. The van der Waals surface area contributed by atoms with E-state index in [0.29, 0.717) is 18.1 Å². The first-order chi connectivity index (χ1) is 14.8. The number of fused-ring (bicyclic) bond motifs is 2. The van der Waals surface area contributed by atoms with Gasteiger partial charge < -0.3 is 9.80 Å². The summed E-state index contributed by atoms with van der Waals surface area (Å²) in [5.74, 6) is -0.190. The number of rotatable bonds is 4. The Balaban J connectivity index is 1.29. The molecule has 0 spiro atoms. The molecule has 0 bridgehead atoms. The van der Waals surface area contributed by atoms with Crippen LogP contribution in [0.4, 0.5) is 0 Å². The van der Waals surface area contributed by atoms with Gasteiger partial charge in [-0.3, -0.25) is 4.79 Å². The van der Waals surface area contributed by atoms with Crippen LogP contribution in [0, 0.1) is 0 Å². The molecule has 0 N–H and O–H groups in total. The Kier molecular flexibility index (Phi) is 5.56. The van der Waals surface area contributed by atoms with E-state index in [0.717, 1.165) is 40.3 Å². The van der Waals surface area contributed by atoms with Crippen LogP contribution in [0.25, 0.3) is 10.1 Å². The molecule has 11 heteroatoms. The second-order valence-electron chi connectivity index (χ2n) is 7.87. The number of amides is 1. The minimum absolute atomic E-state index is 0.148. The van der Waals surface area contributed by atoms with Gasteiger partial charge in [0, 0.05) is 47.2 Å². The van der Waals surface area contributed by atoms with E-state index in [-0.39, 0.29) is 23.2 Å². The summed E-state index contributed by atoms with van der Waals surface area (Å²) < 4.78 is 28.6. The van der Waals surface area contributed by atoms with Gasteiger partial charge in [0.1, 0.15) is 9.22 Å². The van der Waals surface area contributed by atoms with E-state index in [1.54, 1.807) is 34.4 Å². The number of halogens is 1. The number of piperazine rings is 1. The van der Waals surface area contributed by atoms with E-state index in [9.17, 15) is 13.2 Å². The molecule has 1 amide bonds. The number of hydrogen-bond acceptors (Lipinski definition) is 7. The molecule has 164 valence electrons. The minimum atomic E-state index is -3.73. The third-order valence-electron chi connectivity index (χ3n) is 5.63. The maximum absolute atomic E-state index is 13.1. The third-order valence-corrected chi connectivity index (χ3v) is 10.3. The topological polar surface area (TPSA) is 73.8 Å². The lowest BCUT2D eigenvalue weighted by Gasteiger charge is -2.32. The van der Waals surface area contributed by atoms with E-state index in [1.165, 1.54) is 20.5 Å². The molecule has 1 fully saturated rings. The molecule has 31 heavy (non-hydrogen) atoms. The molecule has 0 saturated carbocycles. The second-order valence-corrected chi connectivity index (χ2v) is 12.7. The highest BCUT2D eigenvalue weighted by Crippen LogP contribution is 2.33. The zero-order chi connectivity index (χ0) is 21.8. The van der Waals surface area contributed by atoms with E-state index in [2.05, 4.69) is 11.9 Å². The molecule has 2 aliphatic rings. The van der Waals surface area contributed by atoms with Crippen molar-refractivity contribution in [3.8, 4) is 0 Å². The predicted molar refractivity (Wildman–Crippen MR) is 123 cm³/mol. The van der Waals surface area contributed by atoms with Crippen LogP contribution in [0.3, 0.4) is 0 Å². The number of carbonyl (C=O) groups is 1. The summed E-state index contributed by atoms with van der Waals surface area (Å²) in [6.45, 7) is 2.82. The Morgan fingerprint density at radius 1 is 1.13 bits per heavy atom. The van der Waals surface area contributed by atoms with Crippen molar-refractivity contribution < 1.29 is 13.2 Å². The average molecular weight is 497 g/mol. The first-order valence-electron chi connectivity index (χ1n) is 9.92. The number of aromatic nitrogens is 1. The average Bonchev–Trinajstić information content (AvgIpc) is 3.32. The van der Waals surface area contributed by atoms with Crippen LogP contribution >= 0.6 is 34.3 Å². The number of nitrogens with zero attached hydrogens (tertiary/aromatic N) is 4. The normalized spacial score (nSPS) is 18.6. The highest BCUT2D eigenvalue weighted by molar-refractivity contribution is 7.91. The third kappa shape index (κ3) is 4.12. The van der Waals surface area contributed by atoms with Gasteiger partial charge in [0.2, 0.25) is 5.91 Å². The summed E-state index contributed by atoms with van der Waals surface area (Å²) >= 11 is 8.86. The van der Waals surface area contributed by atoms with Crippen LogP contribution in [0.2, 0.25) is 5.02 Å². The molecule has 0 unspecified atom stereocenters. The van der Waals surface area contributed by atoms with E-state index in [4.69, 9.17) is 16.6 Å². The lowest BCUT2D eigenvalue weighted by molar-refractivity contribution is -0.134. The largest absolute Gasteiger partial charge is 0.333 e. The Morgan fingerprint density at radius 3 is 2.77 bits per heavy atom. The van der Waals surface area contributed by atoms with Crippen molar-refractivity contribution in [1.29, 1.82) is 0 Å². The van der Waals surface area contributed by atoms with Gasteiger partial charge >= 0.3 is 0 Å².